The number of fused-ring (bicyclic) bond motifs is 1. The first-order valence-corrected chi connectivity index (χ1v) is 8.77. The van der Waals surface area contributed by atoms with Crippen molar-refractivity contribution in [1.82, 2.24) is 15.1 Å². The van der Waals surface area contributed by atoms with E-state index in [9.17, 15) is 19.1 Å². The molecule has 1 amide bonds. The smallest absolute Gasteiger partial charge is 0.326 e. The molecule has 0 aliphatic heterocycles. The molecule has 1 heterocycles. The van der Waals surface area contributed by atoms with Crippen LogP contribution < -0.4 is 5.32 Å². The molecule has 0 radical (unpaired) electrons. The molecule has 138 valence electrons. The molecule has 26 heavy (non-hydrogen) atoms. The average molecular weight is 359 g/mol. The summed E-state index contributed by atoms with van der Waals surface area (Å²) in [6.45, 7) is 3.80. The highest BCUT2D eigenvalue weighted by Crippen LogP contribution is 2.28. The Morgan fingerprint density at radius 2 is 2.12 bits per heavy atom. The monoisotopic (exact) mass is 359 g/mol. The van der Waals surface area contributed by atoms with Crippen molar-refractivity contribution in [3.05, 3.63) is 47.0 Å². The van der Waals surface area contributed by atoms with Gasteiger partial charge in [0.25, 0.3) is 5.91 Å². The van der Waals surface area contributed by atoms with Crippen molar-refractivity contribution in [2.45, 2.75) is 45.6 Å². The van der Waals surface area contributed by atoms with Gasteiger partial charge in [0.2, 0.25) is 0 Å². The van der Waals surface area contributed by atoms with E-state index in [4.69, 9.17) is 0 Å². The Balaban J connectivity index is 1.92. The molecule has 1 aromatic carbocycles. The summed E-state index contributed by atoms with van der Waals surface area (Å²) in [7, 11) is 0. The van der Waals surface area contributed by atoms with Gasteiger partial charge in [-0.15, -0.1) is 0 Å². The molecule has 1 aliphatic carbocycles. The standard InChI is InChI=1S/C19H22FN3O3/c1-11(2)9-15(19(25)26)21-18(24)17-14-7-4-8-16(14)23(22-17)13-6-3-5-12(20)10-13/h3,5-6,10-11,15H,4,7-9H2,1-2H3,(H,21,24)(H,25,26). The molecule has 1 atom stereocenters. The van der Waals surface area contributed by atoms with Gasteiger partial charge < -0.3 is 10.4 Å². The van der Waals surface area contributed by atoms with Gasteiger partial charge in [-0.1, -0.05) is 19.9 Å². The van der Waals surface area contributed by atoms with Gasteiger partial charge in [-0.25, -0.2) is 13.9 Å². The molecule has 0 fully saturated rings. The summed E-state index contributed by atoms with van der Waals surface area (Å²) in [5.41, 5.74) is 2.49. The second kappa shape index (κ2) is 7.27. The third kappa shape index (κ3) is 3.61. The van der Waals surface area contributed by atoms with E-state index in [1.54, 1.807) is 16.8 Å². The number of rotatable bonds is 6. The van der Waals surface area contributed by atoms with E-state index in [1.807, 2.05) is 13.8 Å². The summed E-state index contributed by atoms with van der Waals surface area (Å²) < 4.78 is 15.2. The van der Waals surface area contributed by atoms with Crippen LogP contribution >= 0.6 is 0 Å². The Bertz CT molecular complexity index is 845. The van der Waals surface area contributed by atoms with Crippen molar-refractivity contribution in [3.8, 4) is 5.69 Å². The minimum Gasteiger partial charge on any atom is -0.480 e. The molecule has 1 aliphatic rings. The van der Waals surface area contributed by atoms with Gasteiger partial charge in [-0.2, -0.15) is 5.10 Å². The zero-order valence-electron chi connectivity index (χ0n) is 14.8. The fourth-order valence-electron chi connectivity index (χ4n) is 3.36. The third-order valence-electron chi connectivity index (χ3n) is 4.51. The molecule has 0 saturated carbocycles. The van der Waals surface area contributed by atoms with E-state index in [0.29, 0.717) is 18.5 Å². The van der Waals surface area contributed by atoms with E-state index in [-0.39, 0.29) is 17.4 Å². The van der Waals surface area contributed by atoms with E-state index in [2.05, 4.69) is 10.4 Å². The lowest BCUT2D eigenvalue weighted by atomic mass is 10.0. The topological polar surface area (TPSA) is 84.2 Å². The first kappa shape index (κ1) is 18.1. The van der Waals surface area contributed by atoms with Gasteiger partial charge >= 0.3 is 5.97 Å². The Morgan fingerprint density at radius 1 is 1.35 bits per heavy atom. The number of nitrogens with zero attached hydrogens (tertiary/aromatic N) is 2. The lowest BCUT2D eigenvalue weighted by Crippen LogP contribution is -2.42. The van der Waals surface area contributed by atoms with Gasteiger partial charge in [-0.3, -0.25) is 4.79 Å². The van der Waals surface area contributed by atoms with Crippen molar-refractivity contribution in [3.63, 3.8) is 0 Å². The number of hydrogen-bond donors (Lipinski definition) is 2. The van der Waals surface area contributed by atoms with Crippen molar-refractivity contribution in [2.75, 3.05) is 0 Å². The summed E-state index contributed by atoms with van der Waals surface area (Å²) in [5, 5.41) is 16.3. The number of carboxylic acids is 1. The number of aliphatic carboxylic acids is 1. The Kier molecular flexibility index (Phi) is 5.06. The maximum atomic E-state index is 13.6. The van der Waals surface area contributed by atoms with Crippen molar-refractivity contribution in [1.29, 1.82) is 0 Å². The third-order valence-corrected chi connectivity index (χ3v) is 4.51. The summed E-state index contributed by atoms with van der Waals surface area (Å²) in [6, 6.07) is 5.08. The first-order valence-electron chi connectivity index (χ1n) is 8.77. The van der Waals surface area contributed by atoms with Crippen LogP contribution in [-0.2, 0) is 17.6 Å². The SMILES string of the molecule is CC(C)CC(NC(=O)c1nn(-c2cccc(F)c2)c2c1CCC2)C(=O)O. The lowest BCUT2D eigenvalue weighted by molar-refractivity contribution is -0.139. The number of halogens is 1. The molecule has 0 saturated heterocycles. The number of amides is 1. The van der Waals surface area contributed by atoms with Gasteiger partial charge in [0, 0.05) is 11.3 Å². The number of aromatic nitrogens is 2. The molecular weight excluding hydrogens is 337 g/mol. The van der Waals surface area contributed by atoms with Crippen molar-refractivity contribution in [2.24, 2.45) is 5.92 Å². The minimum absolute atomic E-state index is 0.131. The molecule has 3 rings (SSSR count). The second-order valence-corrected chi connectivity index (χ2v) is 7.01. The van der Waals surface area contributed by atoms with Crippen LogP contribution in [0.1, 0.15) is 48.4 Å². The van der Waals surface area contributed by atoms with Gasteiger partial charge in [0.15, 0.2) is 5.69 Å². The zero-order valence-corrected chi connectivity index (χ0v) is 14.8. The fourth-order valence-corrected chi connectivity index (χ4v) is 3.36. The Hall–Kier alpha value is -2.70. The summed E-state index contributed by atoms with van der Waals surface area (Å²) in [5.74, 6) is -1.80. The van der Waals surface area contributed by atoms with Gasteiger partial charge in [-0.05, 0) is 49.8 Å². The zero-order chi connectivity index (χ0) is 18.8. The molecule has 7 heteroatoms. The quantitative estimate of drug-likeness (QED) is 0.831. The number of carbonyl (C=O) groups is 2. The van der Waals surface area contributed by atoms with Crippen LogP contribution in [0.4, 0.5) is 4.39 Å². The number of nitrogens with one attached hydrogen (secondary N) is 1. The molecule has 1 aromatic heterocycles. The normalized spacial score (nSPS) is 14.3. The average Bonchev–Trinajstić information content (AvgIpc) is 3.15. The van der Waals surface area contributed by atoms with Crippen LogP contribution in [0.2, 0.25) is 0 Å². The van der Waals surface area contributed by atoms with Crippen LogP contribution in [-0.4, -0.2) is 32.8 Å². The summed E-state index contributed by atoms with van der Waals surface area (Å²) in [4.78, 5) is 24.1. The number of hydrogen-bond acceptors (Lipinski definition) is 3. The summed E-state index contributed by atoms with van der Waals surface area (Å²) in [6.07, 6.45) is 2.68. The van der Waals surface area contributed by atoms with Gasteiger partial charge in [0.05, 0.1) is 5.69 Å². The highest BCUT2D eigenvalue weighted by atomic mass is 19.1. The fraction of sp³-hybridized carbons (Fsp3) is 0.421. The van der Waals surface area contributed by atoms with E-state index < -0.39 is 17.9 Å². The van der Waals surface area contributed by atoms with Crippen molar-refractivity contribution < 1.29 is 19.1 Å². The molecule has 2 N–H and O–H groups in total. The maximum absolute atomic E-state index is 13.6. The number of carbonyl (C=O) groups excluding carboxylic acids is 1. The van der Waals surface area contributed by atoms with E-state index >= 15 is 0 Å². The largest absolute Gasteiger partial charge is 0.480 e. The highest BCUT2D eigenvalue weighted by Gasteiger charge is 2.29. The lowest BCUT2D eigenvalue weighted by Gasteiger charge is -2.16. The Labute approximate surface area is 151 Å². The minimum atomic E-state index is -1.06. The first-order chi connectivity index (χ1) is 12.4. The molecule has 0 spiro atoms. The predicted octanol–water partition coefficient (Wildman–Crippen LogP) is 2.73. The number of benzene rings is 1. The van der Waals surface area contributed by atoms with Crippen LogP contribution in [0.25, 0.3) is 5.69 Å². The van der Waals surface area contributed by atoms with Crippen LogP contribution in [0.3, 0.4) is 0 Å². The van der Waals surface area contributed by atoms with E-state index in [0.717, 1.165) is 24.1 Å². The molecule has 1 unspecified atom stereocenters. The second-order valence-electron chi connectivity index (χ2n) is 7.01. The predicted molar refractivity (Wildman–Crippen MR) is 93.9 cm³/mol. The molecule has 2 aromatic rings. The summed E-state index contributed by atoms with van der Waals surface area (Å²) >= 11 is 0. The maximum Gasteiger partial charge on any atom is 0.326 e. The number of carboxylic acid groups (broad SMARTS) is 1. The Morgan fingerprint density at radius 3 is 2.77 bits per heavy atom. The van der Waals surface area contributed by atoms with Crippen molar-refractivity contribution >= 4 is 11.9 Å². The van der Waals surface area contributed by atoms with Crippen LogP contribution in [0.15, 0.2) is 24.3 Å². The highest BCUT2D eigenvalue weighted by molar-refractivity contribution is 5.96. The molecule has 6 nitrogen and oxygen atoms in total. The van der Waals surface area contributed by atoms with E-state index in [1.165, 1.54) is 12.1 Å². The van der Waals surface area contributed by atoms with Gasteiger partial charge in [0.1, 0.15) is 11.9 Å². The molecule has 0 bridgehead atoms. The van der Waals surface area contributed by atoms with Crippen LogP contribution in [0, 0.1) is 11.7 Å². The molecular formula is C19H22FN3O3. The van der Waals surface area contributed by atoms with Crippen LogP contribution in [0.5, 0.6) is 0 Å².